The molecule has 1 heterocycles. The predicted molar refractivity (Wildman–Crippen MR) is 401 cm³/mol. The second-order valence-corrected chi connectivity index (χ2v) is 39.2. The minimum atomic E-state index is -3.02. The molecule has 0 saturated heterocycles. The Morgan fingerprint density at radius 3 is 1.17 bits per heavy atom. The number of hydrogen-bond acceptors (Lipinski definition) is 4. The molecule has 10 aromatic rings. The smallest absolute Gasteiger partial charge is 0.128 e. The maximum Gasteiger partial charge on any atom is 0.128 e. The number of rotatable bonds is 12. The molecule has 0 fully saturated rings. The first-order chi connectivity index (χ1) is 42.0. The van der Waals surface area contributed by atoms with E-state index in [-0.39, 0.29) is 37.2 Å². The molecule has 0 atom stereocenters. The SMILES string of the molecule is CC(C)(C)c1ccc(N(c2ccc(C(C)(C)C)cc2)c2cccc(N(c3ccc(C(C)(C)C)cc3)c3cc([Si](c4ccccc4)(C(C)(C)C)C(C)(C)C)cc(N(c4ccc(C(C)(C)C)cc4-c4ccccc4)c4csc5ccc(C(C)(C)C)cc45)c3Cl)c2)cc1. The van der Waals surface area contributed by atoms with Gasteiger partial charge >= 0.3 is 0 Å². The second-order valence-electron chi connectivity index (χ2n) is 32.3. The summed E-state index contributed by atoms with van der Waals surface area (Å²) < 4.78 is 1.23. The molecule has 0 spiro atoms. The molecule has 0 amide bonds. The third kappa shape index (κ3) is 12.9. The van der Waals surface area contributed by atoms with Crippen molar-refractivity contribution >= 4 is 103 Å². The molecule has 6 heteroatoms. The van der Waals surface area contributed by atoms with Gasteiger partial charge in [-0.1, -0.05) is 277 Å². The number of nitrogens with zero attached hydrogens (tertiary/aromatic N) is 3. The molecule has 0 aliphatic carbocycles. The van der Waals surface area contributed by atoms with Gasteiger partial charge in [0.15, 0.2) is 0 Å². The molecule has 10 rings (SSSR count). The summed E-state index contributed by atoms with van der Waals surface area (Å²) in [6, 6.07) is 78.5. The van der Waals surface area contributed by atoms with Gasteiger partial charge < -0.3 is 14.7 Å². The van der Waals surface area contributed by atoms with Crippen LogP contribution < -0.4 is 25.1 Å². The van der Waals surface area contributed by atoms with Crippen molar-refractivity contribution in [2.24, 2.45) is 0 Å². The van der Waals surface area contributed by atoms with Gasteiger partial charge in [0.05, 0.1) is 27.8 Å². The first-order valence-electron chi connectivity index (χ1n) is 32.4. The van der Waals surface area contributed by atoms with Crippen LogP contribution in [-0.4, -0.2) is 8.07 Å². The normalized spacial score (nSPS) is 13.0. The van der Waals surface area contributed by atoms with Gasteiger partial charge in [-0.05, 0) is 167 Å². The molecular formula is C84H98ClN3SSi. The third-order valence-electron chi connectivity index (χ3n) is 18.6. The second kappa shape index (κ2) is 24.1. The zero-order chi connectivity index (χ0) is 65.3. The highest BCUT2D eigenvalue weighted by Gasteiger charge is 2.56. The summed E-state index contributed by atoms with van der Waals surface area (Å²) in [6.45, 7) is 49.4. The lowest BCUT2D eigenvalue weighted by molar-refractivity contribution is 0.590. The van der Waals surface area contributed by atoms with E-state index < -0.39 is 8.07 Å². The first kappa shape index (κ1) is 65.8. The molecule has 0 aliphatic rings. The molecule has 0 saturated carbocycles. The Hall–Kier alpha value is -7.15. The van der Waals surface area contributed by atoms with Gasteiger partial charge in [-0.2, -0.15) is 0 Å². The molecule has 0 aliphatic heterocycles. The van der Waals surface area contributed by atoms with Crippen molar-refractivity contribution in [3.63, 3.8) is 0 Å². The number of thiophene rings is 1. The van der Waals surface area contributed by atoms with Crippen LogP contribution in [-0.2, 0) is 27.1 Å². The fourth-order valence-electron chi connectivity index (χ4n) is 13.9. The summed E-state index contributed by atoms with van der Waals surface area (Å²) in [5.74, 6) is 0. The molecule has 9 aromatic carbocycles. The fourth-order valence-corrected chi connectivity index (χ4v) is 22.5. The Kier molecular flexibility index (Phi) is 17.7. The van der Waals surface area contributed by atoms with Gasteiger partial charge in [0, 0.05) is 49.5 Å². The lowest BCUT2D eigenvalue weighted by atomic mass is 9.84. The molecule has 90 heavy (non-hydrogen) atoms. The summed E-state index contributed by atoms with van der Waals surface area (Å²) in [6.07, 6.45) is 0. The highest BCUT2D eigenvalue weighted by atomic mass is 35.5. The van der Waals surface area contributed by atoms with Crippen molar-refractivity contribution < 1.29 is 0 Å². The summed E-state index contributed by atoms with van der Waals surface area (Å²) in [4.78, 5) is 7.43. The highest BCUT2D eigenvalue weighted by Crippen LogP contribution is 2.56. The molecule has 0 radical (unpaired) electrons. The Bertz CT molecular complexity index is 4080. The minimum Gasteiger partial charge on any atom is -0.310 e. The Labute approximate surface area is 551 Å². The minimum absolute atomic E-state index is 0.00523. The van der Waals surface area contributed by atoms with Crippen molar-refractivity contribution in [3.8, 4) is 11.1 Å². The van der Waals surface area contributed by atoms with E-state index in [9.17, 15) is 0 Å². The summed E-state index contributed by atoms with van der Waals surface area (Å²) >= 11 is 10.6. The van der Waals surface area contributed by atoms with Crippen molar-refractivity contribution in [1.29, 1.82) is 0 Å². The van der Waals surface area contributed by atoms with E-state index in [4.69, 9.17) is 11.6 Å². The van der Waals surface area contributed by atoms with Gasteiger partial charge in [0.2, 0.25) is 0 Å². The number of benzene rings is 9. The van der Waals surface area contributed by atoms with Crippen LogP contribution in [0.3, 0.4) is 0 Å². The quantitative estimate of drug-likeness (QED) is 0.113. The van der Waals surface area contributed by atoms with E-state index in [2.05, 4.69) is 372 Å². The highest BCUT2D eigenvalue weighted by molar-refractivity contribution is 7.17. The Morgan fingerprint density at radius 2 is 0.711 bits per heavy atom. The van der Waals surface area contributed by atoms with E-state index in [1.54, 1.807) is 11.3 Å². The van der Waals surface area contributed by atoms with Crippen LogP contribution in [0.1, 0.15) is 173 Å². The summed E-state index contributed by atoms with van der Waals surface area (Å²) in [5.41, 5.74) is 17.6. The number of hydrogen-bond donors (Lipinski definition) is 0. The molecule has 3 nitrogen and oxygen atoms in total. The molecular weight excluding hydrogens is 1150 g/mol. The summed E-state index contributed by atoms with van der Waals surface area (Å²) in [7, 11) is -3.02. The monoisotopic (exact) mass is 1240 g/mol. The number of halogens is 1. The van der Waals surface area contributed by atoms with E-state index in [1.165, 1.54) is 48.3 Å². The van der Waals surface area contributed by atoms with Gasteiger partial charge in [-0.25, -0.2) is 0 Å². The maximum atomic E-state index is 8.84. The van der Waals surface area contributed by atoms with Crippen LogP contribution in [0.2, 0.25) is 15.1 Å². The predicted octanol–water partition coefficient (Wildman–Crippen LogP) is 25.3. The van der Waals surface area contributed by atoms with E-state index in [0.717, 1.165) is 62.3 Å². The molecule has 1 aromatic heterocycles. The molecule has 0 unspecified atom stereocenters. The topological polar surface area (TPSA) is 9.72 Å². The first-order valence-corrected chi connectivity index (χ1v) is 35.7. The Balaban J connectivity index is 1.38. The maximum absolute atomic E-state index is 8.84. The standard InChI is InChI=1S/C84H98ClN3SSi/c1-78(2,3)58-35-43-63(44-36-58)86(64-45-37-59(38-46-64)79(4,5)6)66-31-28-32-67(53-66)87(65-47-39-60(40-48-65)80(7,8)9)73-54-69(90(83(16,17)18,84(19,20)21)68-33-26-23-27-34-68)55-74(77(73)85)88(75-56-89-76-50-42-62(52-71(75)76)82(13,14)15)72-49-41-61(81(10,11)12)51-70(72)57-29-24-22-25-30-57/h22-56H,1-21H3. The van der Waals surface area contributed by atoms with Gasteiger partial charge in [0.25, 0.3) is 0 Å². The van der Waals surface area contributed by atoms with Crippen molar-refractivity contribution in [3.05, 3.63) is 244 Å². The van der Waals surface area contributed by atoms with Crippen LogP contribution in [0.15, 0.2) is 212 Å². The lowest BCUT2D eigenvalue weighted by Gasteiger charge is -2.53. The average molecular weight is 1250 g/mol. The van der Waals surface area contributed by atoms with E-state index >= 15 is 0 Å². The summed E-state index contributed by atoms with van der Waals surface area (Å²) in [5, 5.41) is 6.52. The van der Waals surface area contributed by atoms with Crippen molar-refractivity contribution in [1.82, 2.24) is 0 Å². The van der Waals surface area contributed by atoms with Crippen molar-refractivity contribution in [2.75, 3.05) is 14.7 Å². The molecule has 0 N–H and O–H groups in total. The molecule has 0 bridgehead atoms. The average Bonchev–Trinajstić information content (AvgIpc) is 0.772. The third-order valence-corrected chi connectivity index (χ3v) is 26.8. The van der Waals surface area contributed by atoms with Crippen LogP contribution >= 0.6 is 22.9 Å². The van der Waals surface area contributed by atoms with Gasteiger partial charge in [-0.3, -0.25) is 0 Å². The van der Waals surface area contributed by atoms with Crippen molar-refractivity contribution in [2.45, 2.75) is 183 Å². The van der Waals surface area contributed by atoms with E-state index in [0.29, 0.717) is 5.02 Å². The van der Waals surface area contributed by atoms with Crippen LogP contribution in [0.5, 0.6) is 0 Å². The zero-order valence-corrected chi connectivity index (χ0v) is 60.4. The van der Waals surface area contributed by atoms with Crippen LogP contribution in [0, 0.1) is 0 Å². The number of anilines is 9. The van der Waals surface area contributed by atoms with Crippen LogP contribution in [0.4, 0.5) is 51.2 Å². The van der Waals surface area contributed by atoms with Gasteiger partial charge in [-0.15, -0.1) is 11.3 Å². The van der Waals surface area contributed by atoms with E-state index in [1.807, 2.05) is 0 Å². The lowest BCUT2D eigenvalue weighted by Crippen LogP contribution is -2.69. The van der Waals surface area contributed by atoms with Gasteiger partial charge in [0.1, 0.15) is 8.07 Å². The van der Waals surface area contributed by atoms with Crippen LogP contribution in [0.25, 0.3) is 21.2 Å². The largest absolute Gasteiger partial charge is 0.310 e. The fraction of sp³-hybridized carbons (Fsp3) is 0.333. The molecule has 466 valence electrons. The Morgan fingerprint density at radius 1 is 0.311 bits per heavy atom. The number of fused-ring (bicyclic) bond motifs is 1. The zero-order valence-electron chi connectivity index (χ0n) is 57.8.